The molecule has 1 amide bonds. The third-order valence-corrected chi connectivity index (χ3v) is 6.64. The van der Waals surface area contributed by atoms with Crippen molar-refractivity contribution in [1.82, 2.24) is 15.1 Å². The fourth-order valence-corrected chi connectivity index (χ4v) is 5.00. The van der Waals surface area contributed by atoms with Gasteiger partial charge in [-0.2, -0.15) is 5.10 Å². The molecule has 1 aliphatic carbocycles. The maximum atomic E-state index is 12.2. The molecule has 3 heterocycles. The van der Waals surface area contributed by atoms with Crippen LogP contribution >= 0.6 is 0 Å². The Labute approximate surface area is 157 Å². The first-order valence-corrected chi connectivity index (χ1v) is 9.89. The van der Waals surface area contributed by atoms with Gasteiger partial charge in [0.25, 0.3) is 5.91 Å². The van der Waals surface area contributed by atoms with Gasteiger partial charge in [-0.15, -0.1) is 0 Å². The van der Waals surface area contributed by atoms with Gasteiger partial charge in [0.15, 0.2) is 0 Å². The molecule has 5 heteroatoms. The van der Waals surface area contributed by atoms with E-state index in [0.29, 0.717) is 6.04 Å². The SMILES string of the molecule is O=C1Nc2ccc(C3(c4cnn(C5CCNCC5)c4)CC3)c3cccc1c23. The number of amides is 1. The van der Waals surface area contributed by atoms with Crippen LogP contribution in [0.25, 0.3) is 10.8 Å². The van der Waals surface area contributed by atoms with Crippen molar-refractivity contribution in [2.24, 2.45) is 0 Å². The molecule has 2 N–H and O–H groups in total. The number of hydrogen-bond donors (Lipinski definition) is 2. The lowest BCUT2D eigenvalue weighted by Gasteiger charge is -2.23. The number of carbonyl (C=O) groups excluding carboxylic acids is 1. The van der Waals surface area contributed by atoms with Gasteiger partial charge in [-0.3, -0.25) is 9.48 Å². The molecule has 2 aliphatic heterocycles. The van der Waals surface area contributed by atoms with Crippen LogP contribution in [0.5, 0.6) is 0 Å². The molecule has 1 saturated carbocycles. The third kappa shape index (κ3) is 2.15. The molecule has 0 radical (unpaired) electrons. The number of piperidine rings is 1. The number of rotatable bonds is 3. The number of hydrogen-bond acceptors (Lipinski definition) is 3. The zero-order chi connectivity index (χ0) is 18.0. The first-order valence-electron chi connectivity index (χ1n) is 9.89. The maximum absolute atomic E-state index is 12.2. The second kappa shape index (κ2) is 5.42. The van der Waals surface area contributed by atoms with Crippen molar-refractivity contribution in [2.45, 2.75) is 37.1 Å². The summed E-state index contributed by atoms with van der Waals surface area (Å²) in [6.07, 6.45) is 8.92. The van der Waals surface area contributed by atoms with E-state index < -0.39 is 0 Å². The Bertz CT molecular complexity index is 1070. The average molecular weight is 358 g/mol. The Morgan fingerprint density at radius 3 is 2.78 bits per heavy atom. The molecule has 27 heavy (non-hydrogen) atoms. The molecule has 1 aromatic heterocycles. The first-order chi connectivity index (χ1) is 13.3. The molecule has 3 aromatic rings. The summed E-state index contributed by atoms with van der Waals surface area (Å²) < 4.78 is 2.18. The predicted octanol–water partition coefficient (Wildman–Crippen LogP) is 3.61. The number of carbonyl (C=O) groups is 1. The molecule has 0 spiro atoms. The lowest BCUT2D eigenvalue weighted by atomic mass is 9.85. The number of nitrogens with zero attached hydrogens (tertiary/aromatic N) is 2. The van der Waals surface area contributed by atoms with Gasteiger partial charge in [-0.25, -0.2) is 0 Å². The fraction of sp³-hybridized carbons (Fsp3) is 0.364. The largest absolute Gasteiger partial charge is 0.321 e. The van der Waals surface area contributed by atoms with Crippen LogP contribution in [0.2, 0.25) is 0 Å². The highest BCUT2D eigenvalue weighted by molar-refractivity contribution is 6.24. The summed E-state index contributed by atoms with van der Waals surface area (Å²) in [6, 6.07) is 10.9. The number of anilines is 1. The van der Waals surface area contributed by atoms with Gasteiger partial charge in [0.2, 0.25) is 0 Å². The summed E-state index contributed by atoms with van der Waals surface area (Å²) in [7, 11) is 0. The van der Waals surface area contributed by atoms with Gasteiger partial charge in [0.1, 0.15) is 0 Å². The van der Waals surface area contributed by atoms with E-state index in [1.54, 1.807) is 0 Å². The van der Waals surface area contributed by atoms with Gasteiger partial charge in [0.05, 0.1) is 12.2 Å². The molecule has 0 unspecified atom stereocenters. The summed E-state index contributed by atoms with van der Waals surface area (Å²) in [5, 5.41) is 13.4. The van der Waals surface area contributed by atoms with E-state index in [4.69, 9.17) is 5.10 Å². The number of aromatic nitrogens is 2. The monoisotopic (exact) mass is 358 g/mol. The molecule has 2 fully saturated rings. The molecule has 0 atom stereocenters. The van der Waals surface area contributed by atoms with Gasteiger partial charge in [-0.05, 0) is 61.9 Å². The lowest BCUT2D eigenvalue weighted by molar-refractivity contribution is 0.103. The fourth-order valence-electron chi connectivity index (χ4n) is 5.00. The zero-order valence-electron chi connectivity index (χ0n) is 15.2. The predicted molar refractivity (Wildman–Crippen MR) is 105 cm³/mol. The van der Waals surface area contributed by atoms with Gasteiger partial charge < -0.3 is 10.6 Å². The minimum atomic E-state index is 0.0105. The van der Waals surface area contributed by atoms with Crippen molar-refractivity contribution >= 4 is 22.4 Å². The molecule has 1 saturated heterocycles. The molecule has 136 valence electrons. The summed E-state index contributed by atoms with van der Waals surface area (Å²) in [6.45, 7) is 2.14. The number of nitrogens with one attached hydrogen (secondary N) is 2. The first kappa shape index (κ1) is 15.4. The third-order valence-electron chi connectivity index (χ3n) is 6.64. The van der Waals surface area contributed by atoms with Crippen LogP contribution < -0.4 is 10.6 Å². The van der Waals surface area contributed by atoms with Crippen LogP contribution in [0.1, 0.15) is 53.2 Å². The van der Waals surface area contributed by atoms with Crippen molar-refractivity contribution < 1.29 is 4.79 Å². The summed E-state index contributed by atoms with van der Waals surface area (Å²) in [5.74, 6) is 0.0105. The Morgan fingerprint density at radius 1 is 1.11 bits per heavy atom. The minimum absolute atomic E-state index is 0.0105. The van der Waals surface area contributed by atoms with Crippen LogP contribution in [0.3, 0.4) is 0 Å². The Morgan fingerprint density at radius 2 is 1.96 bits per heavy atom. The van der Waals surface area contributed by atoms with Crippen LogP contribution in [-0.2, 0) is 5.41 Å². The van der Waals surface area contributed by atoms with E-state index in [1.165, 1.54) is 16.5 Å². The molecule has 2 aromatic carbocycles. The topological polar surface area (TPSA) is 59.0 Å². The van der Waals surface area contributed by atoms with E-state index in [2.05, 4.69) is 45.9 Å². The second-order valence-corrected chi connectivity index (χ2v) is 8.12. The van der Waals surface area contributed by atoms with Crippen LogP contribution in [-0.4, -0.2) is 28.8 Å². The molecule has 0 bridgehead atoms. The van der Waals surface area contributed by atoms with E-state index >= 15 is 0 Å². The van der Waals surface area contributed by atoms with Crippen molar-refractivity contribution in [1.29, 1.82) is 0 Å². The molecule has 6 rings (SSSR count). The Balaban J connectivity index is 1.45. The number of benzene rings is 2. The summed E-state index contributed by atoms with van der Waals surface area (Å²) >= 11 is 0. The maximum Gasteiger partial charge on any atom is 0.256 e. The summed E-state index contributed by atoms with van der Waals surface area (Å²) in [5.41, 5.74) is 4.44. The van der Waals surface area contributed by atoms with Gasteiger partial charge >= 0.3 is 0 Å². The quantitative estimate of drug-likeness (QED) is 0.752. The van der Waals surface area contributed by atoms with Gasteiger partial charge in [-0.1, -0.05) is 18.2 Å². The normalized spacial score (nSPS) is 20.8. The smallest absolute Gasteiger partial charge is 0.256 e. The lowest BCUT2D eigenvalue weighted by Crippen LogP contribution is -2.29. The average Bonchev–Trinajstić information content (AvgIpc) is 3.23. The van der Waals surface area contributed by atoms with Crippen LogP contribution in [0, 0.1) is 0 Å². The van der Waals surface area contributed by atoms with Crippen molar-refractivity contribution in [3.05, 3.63) is 59.4 Å². The Kier molecular flexibility index (Phi) is 3.09. The van der Waals surface area contributed by atoms with Crippen molar-refractivity contribution in [2.75, 3.05) is 18.4 Å². The Hall–Kier alpha value is -2.66. The zero-order valence-corrected chi connectivity index (χ0v) is 15.2. The van der Waals surface area contributed by atoms with E-state index in [0.717, 1.165) is 55.4 Å². The highest BCUT2D eigenvalue weighted by Gasteiger charge is 2.48. The highest BCUT2D eigenvalue weighted by atomic mass is 16.1. The van der Waals surface area contributed by atoms with Crippen molar-refractivity contribution in [3.8, 4) is 0 Å². The highest BCUT2D eigenvalue weighted by Crippen LogP contribution is 2.56. The van der Waals surface area contributed by atoms with E-state index in [1.807, 2.05) is 12.1 Å². The molecule has 3 aliphatic rings. The van der Waals surface area contributed by atoms with Crippen LogP contribution in [0.15, 0.2) is 42.7 Å². The summed E-state index contributed by atoms with van der Waals surface area (Å²) in [4.78, 5) is 12.2. The van der Waals surface area contributed by atoms with E-state index in [9.17, 15) is 4.79 Å². The molecule has 5 nitrogen and oxygen atoms in total. The standard InChI is InChI=1S/C22H22N4O/c27-21-17-3-1-2-16-18(4-5-19(25-21)20(16)17)22(8-9-22)14-12-24-26(13-14)15-6-10-23-11-7-15/h1-5,12-13,15,23H,6-11H2,(H,25,27). The van der Waals surface area contributed by atoms with E-state index in [-0.39, 0.29) is 11.3 Å². The van der Waals surface area contributed by atoms with Crippen molar-refractivity contribution in [3.63, 3.8) is 0 Å². The second-order valence-electron chi connectivity index (χ2n) is 8.12. The minimum Gasteiger partial charge on any atom is -0.321 e. The van der Waals surface area contributed by atoms with Gasteiger partial charge in [0, 0.05) is 33.8 Å². The molecular formula is C22H22N4O. The van der Waals surface area contributed by atoms with Crippen LogP contribution in [0.4, 0.5) is 5.69 Å². The molecular weight excluding hydrogens is 336 g/mol.